The first-order valence-electron chi connectivity index (χ1n) is 7.18. The lowest BCUT2D eigenvalue weighted by Crippen LogP contribution is -2.44. The summed E-state index contributed by atoms with van der Waals surface area (Å²) in [6.45, 7) is 3.76. The van der Waals surface area contributed by atoms with Crippen LogP contribution in [0.25, 0.3) is 0 Å². The summed E-state index contributed by atoms with van der Waals surface area (Å²) in [6.07, 6.45) is 1.64. The molecule has 1 aliphatic heterocycles. The van der Waals surface area contributed by atoms with Crippen LogP contribution in [0.1, 0.15) is 19.8 Å². The van der Waals surface area contributed by atoms with Crippen molar-refractivity contribution in [2.45, 2.75) is 25.8 Å². The molecule has 1 unspecified atom stereocenters. The van der Waals surface area contributed by atoms with E-state index in [1.807, 2.05) is 6.92 Å². The smallest absolute Gasteiger partial charge is 0.241 e. The molecule has 0 aromatic heterocycles. The van der Waals surface area contributed by atoms with E-state index in [-0.39, 0.29) is 24.2 Å². The summed E-state index contributed by atoms with van der Waals surface area (Å²) in [5.74, 6) is 0.574. The van der Waals surface area contributed by atoms with Crippen LogP contribution in [0.15, 0.2) is 18.2 Å². The van der Waals surface area contributed by atoms with Gasteiger partial charge in [-0.15, -0.1) is 12.4 Å². The summed E-state index contributed by atoms with van der Waals surface area (Å²) in [5.41, 5.74) is 6.65. The number of amides is 1. The summed E-state index contributed by atoms with van der Waals surface area (Å²) in [6, 6.07) is 4.63. The van der Waals surface area contributed by atoms with E-state index in [4.69, 9.17) is 26.8 Å². The van der Waals surface area contributed by atoms with Crippen molar-refractivity contribution in [3.63, 3.8) is 0 Å². The van der Waals surface area contributed by atoms with E-state index in [9.17, 15) is 4.79 Å². The number of carbonyl (C=O) groups excluding carboxylic acids is 1. The maximum Gasteiger partial charge on any atom is 0.241 e. The van der Waals surface area contributed by atoms with E-state index in [1.165, 1.54) is 0 Å². The van der Waals surface area contributed by atoms with Crippen molar-refractivity contribution in [3.8, 4) is 5.75 Å². The van der Waals surface area contributed by atoms with Crippen molar-refractivity contribution in [1.82, 2.24) is 0 Å². The highest BCUT2D eigenvalue weighted by molar-refractivity contribution is 6.32. The highest BCUT2D eigenvalue weighted by Crippen LogP contribution is 2.28. The molecule has 124 valence electrons. The van der Waals surface area contributed by atoms with Crippen LogP contribution in [0, 0.1) is 5.92 Å². The van der Waals surface area contributed by atoms with Gasteiger partial charge in [0.2, 0.25) is 5.91 Å². The first-order chi connectivity index (χ1) is 10.1. The molecule has 1 aromatic carbocycles. The summed E-state index contributed by atoms with van der Waals surface area (Å²) in [4.78, 5) is 12.2. The highest BCUT2D eigenvalue weighted by atomic mass is 35.5. The van der Waals surface area contributed by atoms with Gasteiger partial charge < -0.3 is 20.5 Å². The third-order valence-corrected chi connectivity index (χ3v) is 3.87. The molecule has 1 saturated heterocycles. The van der Waals surface area contributed by atoms with Gasteiger partial charge in [-0.2, -0.15) is 0 Å². The standard InChI is InChI=1S/C15H21ClN2O3.ClH/c1-2-21-13-4-3-11(9-12(13)16)18-15(19)14(17)10-5-7-20-8-6-10;/h3-4,9-10,14H,2,5-8,17H2,1H3,(H,18,19);1H. The average Bonchev–Trinajstić information content (AvgIpc) is 2.50. The van der Waals surface area contributed by atoms with Crippen LogP contribution in [0.5, 0.6) is 5.75 Å². The molecule has 0 spiro atoms. The summed E-state index contributed by atoms with van der Waals surface area (Å²) < 4.78 is 10.6. The van der Waals surface area contributed by atoms with Crippen molar-refractivity contribution >= 4 is 35.6 Å². The second kappa shape index (κ2) is 9.20. The molecule has 1 aliphatic rings. The van der Waals surface area contributed by atoms with Crippen LogP contribution in [0.4, 0.5) is 5.69 Å². The van der Waals surface area contributed by atoms with Crippen LogP contribution in [0.2, 0.25) is 5.02 Å². The fourth-order valence-electron chi connectivity index (χ4n) is 2.37. The van der Waals surface area contributed by atoms with Gasteiger partial charge in [-0.1, -0.05) is 11.6 Å². The van der Waals surface area contributed by atoms with Crippen LogP contribution < -0.4 is 15.8 Å². The fraction of sp³-hybridized carbons (Fsp3) is 0.533. The second-order valence-corrected chi connectivity index (χ2v) is 5.45. The number of nitrogens with two attached hydrogens (primary N) is 1. The zero-order chi connectivity index (χ0) is 15.2. The topological polar surface area (TPSA) is 73.6 Å². The first-order valence-corrected chi connectivity index (χ1v) is 7.56. The summed E-state index contributed by atoms with van der Waals surface area (Å²) in [5, 5.41) is 3.27. The van der Waals surface area contributed by atoms with E-state index in [0.717, 1.165) is 12.8 Å². The van der Waals surface area contributed by atoms with Gasteiger partial charge in [0.05, 0.1) is 17.7 Å². The lowest BCUT2D eigenvalue weighted by molar-refractivity contribution is -0.119. The Balaban J connectivity index is 0.00000242. The van der Waals surface area contributed by atoms with Gasteiger partial charge in [0.1, 0.15) is 5.75 Å². The minimum Gasteiger partial charge on any atom is -0.492 e. The van der Waals surface area contributed by atoms with Crippen molar-refractivity contribution in [2.75, 3.05) is 25.1 Å². The van der Waals surface area contributed by atoms with Gasteiger partial charge in [0, 0.05) is 18.9 Å². The molecule has 0 bridgehead atoms. The average molecular weight is 349 g/mol. The number of benzene rings is 1. The molecule has 3 N–H and O–H groups in total. The number of carbonyl (C=O) groups is 1. The highest BCUT2D eigenvalue weighted by Gasteiger charge is 2.26. The molecular weight excluding hydrogens is 327 g/mol. The minimum atomic E-state index is -0.528. The van der Waals surface area contributed by atoms with Gasteiger partial charge in [-0.05, 0) is 43.9 Å². The van der Waals surface area contributed by atoms with Crippen LogP contribution >= 0.6 is 24.0 Å². The Bertz CT molecular complexity index is 494. The van der Waals surface area contributed by atoms with Crippen molar-refractivity contribution in [3.05, 3.63) is 23.2 Å². The monoisotopic (exact) mass is 348 g/mol. The van der Waals surface area contributed by atoms with Crippen molar-refractivity contribution < 1.29 is 14.3 Å². The van der Waals surface area contributed by atoms with Crippen LogP contribution in [-0.2, 0) is 9.53 Å². The lowest BCUT2D eigenvalue weighted by Gasteiger charge is -2.26. The Kier molecular flexibility index (Phi) is 7.96. The Morgan fingerprint density at radius 2 is 2.18 bits per heavy atom. The maximum absolute atomic E-state index is 12.2. The molecule has 1 fully saturated rings. The molecule has 22 heavy (non-hydrogen) atoms. The third kappa shape index (κ3) is 5.02. The lowest BCUT2D eigenvalue weighted by atomic mass is 9.92. The SMILES string of the molecule is CCOc1ccc(NC(=O)C(N)C2CCOCC2)cc1Cl.Cl. The molecule has 0 aliphatic carbocycles. The van der Waals surface area contributed by atoms with Crippen LogP contribution in [-0.4, -0.2) is 31.8 Å². The van der Waals surface area contributed by atoms with Gasteiger partial charge in [-0.3, -0.25) is 4.79 Å². The minimum absolute atomic E-state index is 0. The molecule has 0 saturated carbocycles. The van der Waals surface area contributed by atoms with E-state index in [1.54, 1.807) is 18.2 Å². The molecule has 7 heteroatoms. The zero-order valence-electron chi connectivity index (χ0n) is 12.5. The summed E-state index contributed by atoms with van der Waals surface area (Å²) in [7, 11) is 0. The number of halogens is 2. The summed E-state index contributed by atoms with van der Waals surface area (Å²) >= 11 is 6.10. The number of hydrogen-bond acceptors (Lipinski definition) is 4. The predicted octanol–water partition coefficient (Wildman–Crippen LogP) is 2.85. The number of nitrogens with one attached hydrogen (secondary N) is 1. The van der Waals surface area contributed by atoms with Crippen molar-refractivity contribution in [2.24, 2.45) is 11.7 Å². The predicted molar refractivity (Wildman–Crippen MR) is 90.0 cm³/mol. The maximum atomic E-state index is 12.2. The number of rotatable bonds is 5. The van der Waals surface area contributed by atoms with Gasteiger partial charge in [0.25, 0.3) is 0 Å². The number of ether oxygens (including phenoxy) is 2. The van der Waals surface area contributed by atoms with E-state index < -0.39 is 6.04 Å². The number of anilines is 1. The van der Waals surface area contributed by atoms with Gasteiger partial charge in [-0.25, -0.2) is 0 Å². The molecule has 5 nitrogen and oxygen atoms in total. The first kappa shape index (κ1) is 19.0. The van der Waals surface area contributed by atoms with Gasteiger partial charge in [0.15, 0.2) is 0 Å². The molecule has 1 atom stereocenters. The van der Waals surface area contributed by atoms with E-state index >= 15 is 0 Å². The molecule has 1 aromatic rings. The molecule has 1 amide bonds. The number of hydrogen-bond donors (Lipinski definition) is 2. The van der Waals surface area contributed by atoms with Crippen molar-refractivity contribution in [1.29, 1.82) is 0 Å². The van der Waals surface area contributed by atoms with Gasteiger partial charge >= 0.3 is 0 Å². The van der Waals surface area contributed by atoms with E-state index in [2.05, 4.69) is 5.32 Å². The second-order valence-electron chi connectivity index (χ2n) is 5.04. The molecule has 1 heterocycles. The van der Waals surface area contributed by atoms with Crippen LogP contribution in [0.3, 0.4) is 0 Å². The molecule has 2 rings (SSSR count). The largest absolute Gasteiger partial charge is 0.492 e. The Morgan fingerprint density at radius 1 is 1.50 bits per heavy atom. The Hall–Kier alpha value is -1.01. The Morgan fingerprint density at radius 3 is 2.77 bits per heavy atom. The molecule has 0 radical (unpaired) electrons. The zero-order valence-corrected chi connectivity index (χ0v) is 14.1. The normalized spacial score (nSPS) is 16.5. The quantitative estimate of drug-likeness (QED) is 0.857. The third-order valence-electron chi connectivity index (χ3n) is 3.58. The molecular formula is C15H22Cl2N2O3. The fourth-order valence-corrected chi connectivity index (χ4v) is 2.60. The Labute approximate surface area is 141 Å². The van der Waals surface area contributed by atoms with E-state index in [0.29, 0.717) is 36.3 Å².